The quantitative estimate of drug-likeness (QED) is 0.828. The number of nitrogens with one attached hydrogen (secondary N) is 1. The molecule has 4 rings (SSSR count). The molecule has 3 atom stereocenters. The van der Waals surface area contributed by atoms with E-state index in [9.17, 15) is 9.59 Å². The number of fused-ring (bicyclic) bond motifs is 1. The Morgan fingerprint density at radius 2 is 1.89 bits per heavy atom. The number of nitrogens with zero attached hydrogens (tertiary/aromatic N) is 2. The van der Waals surface area contributed by atoms with Gasteiger partial charge in [-0.3, -0.25) is 9.69 Å². The molecule has 1 N–H and O–H groups in total. The summed E-state index contributed by atoms with van der Waals surface area (Å²) in [5.74, 6) is 0.390. The summed E-state index contributed by atoms with van der Waals surface area (Å²) in [4.78, 5) is 29.3. The highest BCUT2D eigenvalue weighted by molar-refractivity contribution is 6.30. The van der Waals surface area contributed by atoms with Crippen LogP contribution < -0.4 is 5.32 Å². The van der Waals surface area contributed by atoms with Gasteiger partial charge in [0.15, 0.2) is 0 Å². The minimum absolute atomic E-state index is 0.0124. The number of rotatable bonds is 4. The summed E-state index contributed by atoms with van der Waals surface area (Å²) in [6.07, 6.45) is 5.00. The zero-order chi connectivity index (χ0) is 19.7. The molecule has 2 saturated heterocycles. The van der Waals surface area contributed by atoms with Gasteiger partial charge < -0.3 is 15.0 Å². The number of benzene rings is 1. The van der Waals surface area contributed by atoms with Crippen molar-refractivity contribution in [3.63, 3.8) is 0 Å². The van der Waals surface area contributed by atoms with E-state index in [2.05, 4.69) is 10.2 Å². The molecule has 152 valence electrons. The van der Waals surface area contributed by atoms with Gasteiger partial charge in [0, 0.05) is 36.4 Å². The number of likely N-dealkylation sites (tertiary alicyclic amines) is 2. The van der Waals surface area contributed by atoms with Crippen molar-refractivity contribution in [2.75, 3.05) is 25.0 Å². The number of halogens is 1. The number of hydrogen-bond acceptors (Lipinski definition) is 4. The van der Waals surface area contributed by atoms with Gasteiger partial charge in [-0.2, -0.15) is 0 Å². The van der Waals surface area contributed by atoms with Crippen molar-refractivity contribution in [1.29, 1.82) is 0 Å². The third-order valence-corrected chi connectivity index (χ3v) is 6.42. The lowest BCUT2D eigenvalue weighted by Gasteiger charge is -2.47. The second-order valence-corrected chi connectivity index (χ2v) is 8.64. The number of amides is 2. The monoisotopic (exact) mass is 405 g/mol. The molecule has 2 aliphatic heterocycles. The molecule has 0 spiro atoms. The zero-order valence-corrected chi connectivity index (χ0v) is 17.0. The van der Waals surface area contributed by atoms with E-state index in [-0.39, 0.29) is 30.2 Å². The number of carbonyl (C=O) groups excluding carboxylic acids is 2. The summed E-state index contributed by atoms with van der Waals surface area (Å²) >= 11 is 5.90. The van der Waals surface area contributed by atoms with E-state index in [4.69, 9.17) is 16.3 Å². The molecule has 3 aliphatic rings. The van der Waals surface area contributed by atoms with Gasteiger partial charge in [0.05, 0.1) is 6.04 Å². The lowest BCUT2D eigenvalue weighted by molar-refractivity contribution is -0.122. The molecule has 1 aliphatic carbocycles. The highest BCUT2D eigenvalue weighted by Gasteiger charge is 2.41. The molecule has 28 heavy (non-hydrogen) atoms. The molecule has 1 aromatic rings. The van der Waals surface area contributed by atoms with Crippen molar-refractivity contribution in [1.82, 2.24) is 9.80 Å². The van der Waals surface area contributed by atoms with Gasteiger partial charge >= 0.3 is 6.09 Å². The van der Waals surface area contributed by atoms with E-state index in [1.807, 2.05) is 24.0 Å². The fourth-order valence-corrected chi connectivity index (χ4v) is 4.48. The Morgan fingerprint density at radius 1 is 1.14 bits per heavy atom. The highest BCUT2D eigenvalue weighted by Crippen LogP contribution is 2.33. The van der Waals surface area contributed by atoms with Crippen LogP contribution in [0.4, 0.5) is 10.5 Å². The minimum Gasteiger partial charge on any atom is -0.446 e. The molecule has 6 nitrogen and oxygen atoms in total. The molecular weight excluding hydrogens is 378 g/mol. The number of carbonyl (C=O) groups is 2. The van der Waals surface area contributed by atoms with Crippen LogP contribution in [-0.4, -0.2) is 59.6 Å². The predicted octanol–water partition coefficient (Wildman–Crippen LogP) is 3.75. The van der Waals surface area contributed by atoms with Crippen LogP contribution in [0.1, 0.15) is 39.0 Å². The van der Waals surface area contributed by atoms with Gasteiger partial charge in [0.25, 0.3) is 0 Å². The first-order valence-corrected chi connectivity index (χ1v) is 10.7. The van der Waals surface area contributed by atoms with Gasteiger partial charge in [-0.25, -0.2) is 4.79 Å². The summed E-state index contributed by atoms with van der Waals surface area (Å²) in [7, 11) is 0. The van der Waals surface area contributed by atoms with E-state index in [1.165, 1.54) is 0 Å². The largest absolute Gasteiger partial charge is 0.446 e. The Hall–Kier alpha value is -1.79. The van der Waals surface area contributed by atoms with E-state index < -0.39 is 0 Å². The van der Waals surface area contributed by atoms with E-state index >= 15 is 0 Å². The van der Waals surface area contributed by atoms with E-state index in [0.717, 1.165) is 57.4 Å². The lowest BCUT2D eigenvalue weighted by atomic mass is 9.83. The van der Waals surface area contributed by atoms with Crippen molar-refractivity contribution in [2.45, 2.75) is 57.2 Å². The molecule has 3 fully saturated rings. The van der Waals surface area contributed by atoms with Crippen LogP contribution in [-0.2, 0) is 9.53 Å². The van der Waals surface area contributed by atoms with Gasteiger partial charge in [-0.15, -0.1) is 0 Å². The van der Waals surface area contributed by atoms with Crippen molar-refractivity contribution < 1.29 is 14.3 Å². The Morgan fingerprint density at radius 3 is 2.61 bits per heavy atom. The predicted molar refractivity (Wildman–Crippen MR) is 108 cm³/mol. The standard InChI is InChI=1S/C21H28ClN3O3/c1-14(20(26)23-17-6-4-16(22)5-7-17)24-12-10-19-15(13-24)3-2-11-25(19)21(27)28-18-8-9-18/h4-7,14-15,18-19H,2-3,8-13H2,1H3,(H,23,26). The number of piperidine rings is 2. The minimum atomic E-state index is -0.217. The maximum atomic E-state index is 12.7. The summed E-state index contributed by atoms with van der Waals surface area (Å²) in [6.45, 7) is 4.39. The van der Waals surface area contributed by atoms with E-state index in [1.54, 1.807) is 12.1 Å². The molecule has 2 heterocycles. The SMILES string of the molecule is CC(C(=O)Nc1ccc(Cl)cc1)N1CCC2C(CCCN2C(=O)OC2CC2)C1. The Bertz CT molecular complexity index is 722. The Kier molecular flexibility index (Phi) is 5.78. The fraction of sp³-hybridized carbons (Fsp3) is 0.619. The Labute approximate surface area is 171 Å². The molecule has 2 amide bonds. The molecule has 1 aromatic carbocycles. The topological polar surface area (TPSA) is 61.9 Å². The molecule has 0 aromatic heterocycles. The normalized spacial score (nSPS) is 26.3. The molecule has 0 radical (unpaired) electrons. The number of ether oxygens (including phenoxy) is 1. The summed E-state index contributed by atoms with van der Waals surface area (Å²) in [5.41, 5.74) is 0.753. The number of hydrogen-bond donors (Lipinski definition) is 1. The molecule has 7 heteroatoms. The van der Waals surface area contributed by atoms with Crippen LogP contribution in [0.15, 0.2) is 24.3 Å². The van der Waals surface area contributed by atoms with Crippen molar-refractivity contribution in [3.05, 3.63) is 29.3 Å². The number of anilines is 1. The van der Waals surface area contributed by atoms with Gasteiger partial charge in [-0.05, 0) is 69.2 Å². The second kappa shape index (κ2) is 8.29. The Balaban J connectivity index is 1.34. The van der Waals surface area contributed by atoms with Crippen LogP contribution in [0, 0.1) is 5.92 Å². The molecule has 1 saturated carbocycles. The van der Waals surface area contributed by atoms with Crippen molar-refractivity contribution in [2.24, 2.45) is 5.92 Å². The zero-order valence-electron chi connectivity index (χ0n) is 16.3. The maximum Gasteiger partial charge on any atom is 0.410 e. The maximum absolute atomic E-state index is 12.7. The first-order valence-electron chi connectivity index (χ1n) is 10.3. The van der Waals surface area contributed by atoms with Crippen LogP contribution >= 0.6 is 11.6 Å². The fourth-order valence-electron chi connectivity index (χ4n) is 4.35. The van der Waals surface area contributed by atoms with Crippen LogP contribution in [0.3, 0.4) is 0 Å². The second-order valence-electron chi connectivity index (χ2n) is 8.20. The average Bonchev–Trinajstić information content (AvgIpc) is 3.52. The van der Waals surface area contributed by atoms with Gasteiger partial charge in [-0.1, -0.05) is 11.6 Å². The first kappa shape index (κ1) is 19.5. The summed E-state index contributed by atoms with van der Waals surface area (Å²) in [6, 6.07) is 7.18. The average molecular weight is 406 g/mol. The molecule has 3 unspecified atom stereocenters. The van der Waals surface area contributed by atoms with Crippen molar-refractivity contribution in [3.8, 4) is 0 Å². The summed E-state index contributed by atoms with van der Waals surface area (Å²) in [5, 5.41) is 3.62. The molecular formula is C21H28ClN3O3. The van der Waals surface area contributed by atoms with Gasteiger partial charge in [0.1, 0.15) is 6.10 Å². The highest BCUT2D eigenvalue weighted by atomic mass is 35.5. The lowest BCUT2D eigenvalue weighted by Crippen LogP contribution is -2.58. The van der Waals surface area contributed by atoms with Gasteiger partial charge in [0.2, 0.25) is 5.91 Å². The third-order valence-electron chi connectivity index (χ3n) is 6.16. The van der Waals surface area contributed by atoms with E-state index in [0.29, 0.717) is 10.9 Å². The smallest absolute Gasteiger partial charge is 0.410 e. The van der Waals surface area contributed by atoms with Crippen LogP contribution in [0.5, 0.6) is 0 Å². The first-order chi connectivity index (χ1) is 13.5. The van der Waals surface area contributed by atoms with Crippen LogP contribution in [0.25, 0.3) is 0 Å². The summed E-state index contributed by atoms with van der Waals surface area (Å²) < 4.78 is 5.54. The third kappa shape index (κ3) is 4.44. The molecule has 0 bridgehead atoms. The van der Waals surface area contributed by atoms with Crippen LogP contribution in [0.2, 0.25) is 5.02 Å². The van der Waals surface area contributed by atoms with Crippen molar-refractivity contribution >= 4 is 29.3 Å².